The molecule has 8 heteroatoms. The Morgan fingerprint density at radius 1 is 1.16 bits per heavy atom. The standard InChI is InChI=1S/C23H23ClF2N2O2S/c1-2-21(16-5-3-6-17(24)13-16)31(29,30)28-14-19(23(25)26)22-18(7-4-8-20(22)28)15-9-11-27-12-10-15/h2-8,13-15,21,23,27H,1,9-12H2. The van der Waals surface area contributed by atoms with Gasteiger partial charge in [0.05, 0.1) is 5.52 Å². The third kappa shape index (κ3) is 4.02. The molecule has 4 rings (SSSR count). The lowest BCUT2D eigenvalue weighted by Crippen LogP contribution is -2.26. The van der Waals surface area contributed by atoms with Crippen molar-refractivity contribution in [1.29, 1.82) is 0 Å². The summed E-state index contributed by atoms with van der Waals surface area (Å²) in [5.41, 5.74) is 1.21. The van der Waals surface area contributed by atoms with Gasteiger partial charge in [0, 0.05) is 22.2 Å². The maximum Gasteiger partial charge on any atom is 0.265 e. The number of fused-ring (bicyclic) bond motifs is 1. The van der Waals surface area contributed by atoms with Crippen molar-refractivity contribution in [3.8, 4) is 0 Å². The maximum atomic E-state index is 14.0. The van der Waals surface area contributed by atoms with E-state index in [9.17, 15) is 17.2 Å². The van der Waals surface area contributed by atoms with Crippen molar-refractivity contribution in [3.63, 3.8) is 0 Å². The Balaban J connectivity index is 1.92. The van der Waals surface area contributed by atoms with E-state index in [4.69, 9.17) is 11.6 Å². The minimum atomic E-state index is -4.11. The highest BCUT2D eigenvalue weighted by molar-refractivity contribution is 7.90. The van der Waals surface area contributed by atoms with Gasteiger partial charge >= 0.3 is 0 Å². The lowest BCUT2D eigenvalue weighted by molar-refractivity contribution is 0.153. The first-order valence-corrected chi connectivity index (χ1v) is 12.0. The summed E-state index contributed by atoms with van der Waals surface area (Å²) in [5, 5.41) is 2.87. The third-order valence-electron chi connectivity index (χ3n) is 5.86. The fourth-order valence-corrected chi connectivity index (χ4v) is 6.26. The summed E-state index contributed by atoms with van der Waals surface area (Å²) in [5.74, 6) is 0.101. The van der Waals surface area contributed by atoms with Crippen LogP contribution in [0.25, 0.3) is 10.9 Å². The number of nitrogens with zero attached hydrogens (tertiary/aromatic N) is 1. The van der Waals surface area contributed by atoms with Crippen molar-refractivity contribution in [2.75, 3.05) is 13.1 Å². The van der Waals surface area contributed by atoms with Gasteiger partial charge in [0.25, 0.3) is 6.43 Å². The largest absolute Gasteiger partial charge is 0.317 e. The van der Waals surface area contributed by atoms with E-state index in [1.807, 2.05) is 6.07 Å². The number of hydrogen-bond donors (Lipinski definition) is 1. The number of alkyl halides is 2. The van der Waals surface area contributed by atoms with E-state index in [2.05, 4.69) is 11.9 Å². The van der Waals surface area contributed by atoms with Crippen LogP contribution in [0, 0.1) is 0 Å². The van der Waals surface area contributed by atoms with Crippen molar-refractivity contribution in [2.45, 2.75) is 30.4 Å². The lowest BCUT2D eigenvalue weighted by Gasteiger charge is -2.24. The Morgan fingerprint density at radius 2 is 1.87 bits per heavy atom. The molecule has 1 atom stereocenters. The maximum absolute atomic E-state index is 14.0. The lowest BCUT2D eigenvalue weighted by atomic mass is 9.87. The molecule has 0 radical (unpaired) electrons. The molecule has 3 aromatic rings. The number of rotatable bonds is 6. The Labute approximate surface area is 185 Å². The highest BCUT2D eigenvalue weighted by Crippen LogP contribution is 2.40. The van der Waals surface area contributed by atoms with Crippen LogP contribution < -0.4 is 5.32 Å². The molecule has 0 amide bonds. The summed E-state index contributed by atoms with van der Waals surface area (Å²) >= 11 is 6.05. The molecule has 164 valence electrons. The van der Waals surface area contributed by atoms with Crippen LogP contribution in [-0.4, -0.2) is 25.5 Å². The molecule has 0 bridgehead atoms. The molecule has 0 aliphatic carbocycles. The topological polar surface area (TPSA) is 51.1 Å². The molecular formula is C23H23ClF2N2O2S. The van der Waals surface area contributed by atoms with E-state index in [-0.39, 0.29) is 17.0 Å². The van der Waals surface area contributed by atoms with Crippen LogP contribution >= 0.6 is 11.6 Å². The van der Waals surface area contributed by atoms with Gasteiger partial charge in [-0.1, -0.05) is 41.9 Å². The zero-order chi connectivity index (χ0) is 22.2. The molecule has 0 spiro atoms. The molecule has 1 aliphatic heterocycles. The van der Waals surface area contributed by atoms with Gasteiger partial charge < -0.3 is 5.32 Å². The van der Waals surface area contributed by atoms with Gasteiger partial charge in [0.15, 0.2) is 0 Å². The number of nitrogens with one attached hydrogen (secondary N) is 1. The molecule has 2 heterocycles. The fourth-order valence-electron chi connectivity index (χ4n) is 4.40. The van der Waals surface area contributed by atoms with Crippen LogP contribution in [0.2, 0.25) is 5.02 Å². The first-order valence-electron chi connectivity index (χ1n) is 10.1. The van der Waals surface area contributed by atoms with E-state index in [1.165, 1.54) is 6.08 Å². The predicted octanol–water partition coefficient (Wildman–Crippen LogP) is 5.80. The minimum Gasteiger partial charge on any atom is -0.317 e. The van der Waals surface area contributed by atoms with Gasteiger partial charge in [0.2, 0.25) is 10.0 Å². The summed E-state index contributed by atoms with van der Waals surface area (Å²) in [6, 6.07) is 11.6. The number of hydrogen-bond acceptors (Lipinski definition) is 3. The van der Waals surface area contributed by atoms with Crippen molar-refractivity contribution >= 4 is 32.5 Å². The van der Waals surface area contributed by atoms with Crippen LogP contribution in [0.3, 0.4) is 0 Å². The zero-order valence-electron chi connectivity index (χ0n) is 16.8. The minimum absolute atomic E-state index is 0.101. The van der Waals surface area contributed by atoms with Gasteiger partial charge in [0.1, 0.15) is 5.25 Å². The van der Waals surface area contributed by atoms with Gasteiger partial charge in [-0.3, -0.25) is 0 Å². The summed E-state index contributed by atoms with van der Waals surface area (Å²) in [6.45, 7) is 5.29. The second kappa shape index (κ2) is 8.73. The van der Waals surface area contributed by atoms with Crippen LogP contribution in [0.4, 0.5) is 8.78 Å². The Kier molecular flexibility index (Phi) is 6.19. The smallest absolute Gasteiger partial charge is 0.265 e. The van der Waals surface area contributed by atoms with Crippen molar-refractivity contribution in [1.82, 2.24) is 9.29 Å². The molecule has 0 saturated carbocycles. The van der Waals surface area contributed by atoms with Crippen molar-refractivity contribution < 1.29 is 17.2 Å². The van der Waals surface area contributed by atoms with Crippen LogP contribution in [0.15, 0.2) is 61.3 Å². The highest BCUT2D eigenvalue weighted by Gasteiger charge is 2.32. The van der Waals surface area contributed by atoms with E-state index < -0.39 is 21.7 Å². The first-order chi connectivity index (χ1) is 14.8. The number of aromatic nitrogens is 1. The van der Waals surface area contributed by atoms with Crippen LogP contribution in [-0.2, 0) is 10.0 Å². The normalized spacial score (nSPS) is 16.6. The third-order valence-corrected chi connectivity index (χ3v) is 8.05. The van der Waals surface area contributed by atoms with Gasteiger partial charge in [-0.15, -0.1) is 6.58 Å². The predicted molar refractivity (Wildman–Crippen MR) is 120 cm³/mol. The molecule has 1 aliphatic rings. The summed E-state index contributed by atoms with van der Waals surface area (Å²) in [6.07, 6.45) is 1.20. The van der Waals surface area contributed by atoms with E-state index in [0.717, 1.165) is 41.7 Å². The Hall–Kier alpha value is -2.22. The van der Waals surface area contributed by atoms with Gasteiger partial charge in [-0.05, 0) is 61.2 Å². The first kappa shape index (κ1) is 22.0. The monoisotopic (exact) mass is 464 g/mol. The second-order valence-electron chi connectivity index (χ2n) is 7.70. The van der Waals surface area contributed by atoms with E-state index in [1.54, 1.807) is 36.4 Å². The van der Waals surface area contributed by atoms with E-state index in [0.29, 0.717) is 16.0 Å². The molecule has 1 aromatic heterocycles. The average Bonchev–Trinajstić information content (AvgIpc) is 3.16. The Morgan fingerprint density at radius 3 is 2.52 bits per heavy atom. The second-order valence-corrected chi connectivity index (χ2v) is 10.1. The number of piperidine rings is 1. The van der Waals surface area contributed by atoms with Gasteiger partial charge in [-0.2, -0.15) is 0 Å². The molecule has 1 unspecified atom stereocenters. The van der Waals surface area contributed by atoms with Crippen LogP contribution in [0.5, 0.6) is 0 Å². The zero-order valence-corrected chi connectivity index (χ0v) is 18.3. The van der Waals surface area contributed by atoms with Crippen LogP contribution in [0.1, 0.15) is 47.1 Å². The SMILES string of the molecule is C=CC(c1cccc(Cl)c1)S(=O)(=O)n1cc(C(F)F)c2c(C3CCNCC3)cccc21. The molecule has 1 saturated heterocycles. The molecule has 1 fully saturated rings. The summed E-state index contributed by atoms with van der Waals surface area (Å²) in [4.78, 5) is 0. The average molecular weight is 465 g/mol. The fraction of sp³-hybridized carbons (Fsp3) is 0.304. The molecule has 4 nitrogen and oxygen atoms in total. The van der Waals surface area contributed by atoms with Gasteiger partial charge in [-0.25, -0.2) is 21.2 Å². The molecule has 31 heavy (non-hydrogen) atoms. The molecule has 1 N–H and O–H groups in total. The quantitative estimate of drug-likeness (QED) is 0.469. The van der Waals surface area contributed by atoms with Crippen molar-refractivity contribution in [3.05, 3.63) is 83.0 Å². The number of benzene rings is 2. The van der Waals surface area contributed by atoms with Crippen molar-refractivity contribution in [2.24, 2.45) is 0 Å². The van der Waals surface area contributed by atoms with E-state index >= 15 is 0 Å². The number of halogens is 3. The highest BCUT2D eigenvalue weighted by atomic mass is 35.5. The summed E-state index contributed by atoms with van der Waals surface area (Å²) < 4.78 is 56.3. The Bertz CT molecular complexity index is 1220. The summed E-state index contributed by atoms with van der Waals surface area (Å²) in [7, 11) is -4.11. The molecule has 2 aromatic carbocycles. The molecular weight excluding hydrogens is 442 g/mol.